The van der Waals surface area contributed by atoms with Crippen LogP contribution in [0.4, 0.5) is 0 Å². The van der Waals surface area contributed by atoms with Crippen molar-refractivity contribution in [2.24, 2.45) is 0 Å². The molecule has 1 N–H and O–H groups in total. The number of amides is 2. The van der Waals surface area contributed by atoms with Gasteiger partial charge in [-0.25, -0.2) is 0 Å². The minimum atomic E-state index is -0.0613. The van der Waals surface area contributed by atoms with E-state index in [2.05, 4.69) is 5.32 Å². The molecule has 0 aliphatic carbocycles. The summed E-state index contributed by atoms with van der Waals surface area (Å²) in [6.07, 6.45) is 4.86. The number of methoxy groups -OCH3 is 2. The zero-order valence-electron chi connectivity index (χ0n) is 15.2. The van der Waals surface area contributed by atoms with E-state index in [9.17, 15) is 9.59 Å². The Hall–Kier alpha value is -2.24. The molecule has 0 bridgehead atoms. The molecule has 1 aromatic carbocycles. The predicted octanol–water partition coefficient (Wildman–Crippen LogP) is 2.16. The van der Waals surface area contributed by atoms with E-state index >= 15 is 0 Å². The molecule has 1 fully saturated rings. The van der Waals surface area contributed by atoms with Gasteiger partial charge in [0.1, 0.15) is 11.5 Å². The van der Waals surface area contributed by atoms with Crippen molar-refractivity contribution in [2.45, 2.75) is 38.5 Å². The highest BCUT2D eigenvalue weighted by atomic mass is 16.5. The monoisotopic (exact) mass is 348 g/mol. The second-order valence-corrected chi connectivity index (χ2v) is 6.25. The molecule has 0 unspecified atom stereocenters. The van der Waals surface area contributed by atoms with Crippen LogP contribution in [0.15, 0.2) is 18.2 Å². The van der Waals surface area contributed by atoms with Crippen LogP contribution in [0.2, 0.25) is 0 Å². The highest BCUT2D eigenvalue weighted by Crippen LogP contribution is 2.24. The van der Waals surface area contributed by atoms with Gasteiger partial charge in [-0.05, 0) is 37.5 Å². The Balaban J connectivity index is 1.76. The highest BCUT2D eigenvalue weighted by Gasteiger charge is 2.16. The van der Waals surface area contributed by atoms with Gasteiger partial charge in [-0.3, -0.25) is 9.59 Å². The first-order valence-electron chi connectivity index (χ1n) is 8.89. The first-order valence-corrected chi connectivity index (χ1v) is 8.89. The number of nitrogens with one attached hydrogen (secondary N) is 1. The van der Waals surface area contributed by atoms with Crippen LogP contribution in [-0.2, 0) is 16.0 Å². The second kappa shape index (κ2) is 9.91. The molecule has 6 nitrogen and oxygen atoms in total. The number of nitrogens with zero attached hydrogens (tertiary/aromatic N) is 1. The first kappa shape index (κ1) is 19.1. The lowest BCUT2D eigenvalue weighted by atomic mass is 10.1. The van der Waals surface area contributed by atoms with Crippen molar-refractivity contribution in [1.82, 2.24) is 10.2 Å². The lowest BCUT2D eigenvalue weighted by Crippen LogP contribution is -2.34. The SMILES string of the molecule is COc1ccc(OC)c(CC(=O)NCCCN2CCCCCC2=O)c1. The van der Waals surface area contributed by atoms with Gasteiger partial charge in [0.25, 0.3) is 0 Å². The fourth-order valence-electron chi connectivity index (χ4n) is 3.03. The first-order chi connectivity index (χ1) is 12.1. The van der Waals surface area contributed by atoms with Gasteiger partial charge in [-0.2, -0.15) is 0 Å². The van der Waals surface area contributed by atoms with Crippen molar-refractivity contribution >= 4 is 11.8 Å². The Labute approximate surface area is 149 Å². The van der Waals surface area contributed by atoms with Crippen LogP contribution in [0, 0.1) is 0 Å². The maximum Gasteiger partial charge on any atom is 0.224 e. The standard InChI is InChI=1S/C19H28N2O4/c1-24-16-8-9-17(25-2)15(13-16)14-18(22)20-10-6-12-21-11-5-3-4-7-19(21)23/h8-9,13H,3-7,10-12,14H2,1-2H3,(H,20,22). The summed E-state index contributed by atoms with van der Waals surface area (Å²) in [6.45, 7) is 2.12. The van der Waals surface area contributed by atoms with Crippen LogP contribution in [0.1, 0.15) is 37.7 Å². The van der Waals surface area contributed by atoms with E-state index in [4.69, 9.17) is 9.47 Å². The highest BCUT2D eigenvalue weighted by molar-refractivity contribution is 5.79. The summed E-state index contributed by atoms with van der Waals surface area (Å²) in [5.74, 6) is 1.55. The number of carbonyl (C=O) groups excluding carboxylic acids is 2. The summed E-state index contributed by atoms with van der Waals surface area (Å²) in [6, 6.07) is 5.42. The van der Waals surface area contributed by atoms with Gasteiger partial charge in [-0.1, -0.05) is 6.42 Å². The van der Waals surface area contributed by atoms with Crippen LogP contribution < -0.4 is 14.8 Å². The molecule has 0 aromatic heterocycles. The minimum Gasteiger partial charge on any atom is -0.497 e. The average molecular weight is 348 g/mol. The lowest BCUT2D eigenvalue weighted by Gasteiger charge is -2.20. The van der Waals surface area contributed by atoms with E-state index in [0.29, 0.717) is 31.0 Å². The van der Waals surface area contributed by atoms with E-state index in [1.807, 2.05) is 11.0 Å². The molecule has 138 valence electrons. The Kier molecular flexibility index (Phi) is 7.57. The average Bonchev–Trinajstić information content (AvgIpc) is 2.83. The van der Waals surface area contributed by atoms with Gasteiger partial charge in [-0.15, -0.1) is 0 Å². The molecule has 1 saturated heterocycles. The van der Waals surface area contributed by atoms with E-state index in [1.165, 1.54) is 0 Å². The van der Waals surface area contributed by atoms with Crippen LogP contribution in [-0.4, -0.2) is 50.6 Å². The minimum absolute atomic E-state index is 0.0613. The Morgan fingerprint density at radius 3 is 2.80 bits per heavy atom. The largest absolute Gasteiger partial charge is 0.497 e. The summed E-state index contributed by atoms with van der Waals surface area (Å²) >= 11 is 0. The summed E-state index contributed by atoms with van der Waals surface area (Å²) in [5, 5.41) is 2.92. The van der Waals surface area contributed by atoms with Crippen molar-refractivity contribution < 1.29 is 19.1 Å². The molecule has 2 rings (SSSR count). The summed E-state index contributed by atoms with van der Waals surface area (Å²) < 4.78 is 10.5. The molecule has 0 radical (unpaired) electrons. The van der Waals surface area contributed by atoms with Crippen LogP contribution in [0.5, 0.6) is 11.5 Å². The van der Waals surface area contributed by atoms with Crippen molar-refractivity contribution in [3.05, 3.63) is 23.8 Å². The smallest absolute Gasteiger partial charge is 0.224 e. The molecule has 1 aliphatic rings. The third-order valence-electron chi connectivity index (χ3n) is 4.44. The molecular formula is C19H28N2O4. The summed E-state index contributed by atoms with van der Waals surface area (Å²) in [5.41, 5.74) is 0.794. The third-order valence-corrected chi connectivity index (χ3v) is 4.44. The number of likely N-dealkylation sites (tertiary alicyclic amines) is 1. The molecular weight excluding hydrogens is 320 g/mol. The van der Waals surface area contributed by atoms with Gasteiger partial charge in [0, 0.05) is 31.6 Å². The fourth-order valence-corrected chi connectivity index (χ4v) is 3.03. The molecule has 6 heteroatoms. The number of rotatable bonds is 8. The summed E-state index contributed by atoms with van der Waals surface area (Å²) in [7, 11) is 3.18. The number of carbonyl (C=O) groups is 2. The van der Waals surface area contributed by atoms with Gasteiger partial charge in [0.15, 0.2) is 0 Å². The molecule has 1 aliphatic heterocycles. The number of benzene rings is 1. The summed E-state index contributed by atoms with van der Waals surface area (Å²) in [4.78, 5) is 26.0. The lowest BCUT2D eigenvalue weighted by molar-refractivity contribution is -0.130. The molecule has 0 saturated carbocycles. The third kappa shape index (κ3) is 5.96. The van der Waals surface area contributed by atoms with Crippen molar-refractivity contribution in [3.8, 4) is 11.5 Å². The fraction of sp³-hybridized carbons (Fsp3) is 0.579. The maximum absolute atomic E-state index is 12.2. The molecule has 25 heavy (non-hydrogen) atoms. The van der Waals surface area contributed by atoms with Gasteiger partial charge >= 0.3 is 0 Å². The zero-order valence-corrected chi connectivity index (χ0v) is 15.2. The number of ether oxygens (including phenoxy) is 2. The topological polar surface area (TPSA) is 67.9 Å². The number of hydrogen-bond donors (Lipinski definition) is 1. The number of hydrogen-bond acceptors (Lipinski definition) is 4. The van der Waals surface area contributed by atoms with E-state index in [0.717, 1.165) is 37.8 Å². The van der Waals surface area contributed by atoms with Gasteiger partial charge in [0.05, 0.1) is 20.6 Å². The molecule has 2 amide bonds. The van der Waals surface area contributed by atoms with E-state index < -0.39 is 0 Å². The molecule has 1 aromatic rings. The normalized spacial score (nSPS) is 14.8. The Morgan fingerprint density at radius 1 is 1.20 bits per heavy atom. The van der Waals surface area contributed by atoms with Crippen molar-refractivity contribution in [1.29, 1.82) is 0 Å². The molecule has 0 spiro atoms. The van der Waals surface area contributed by atoms with Crippen LogP contribution in [0.25, 0.3) is 0 Å². The van der Waals surface area contributed by atoms with E-state index in [1.54, 1.807) is 26.4 Å². The maximum atomic E-state index is 12.2. The Morgan fingerprint density at radius 2 is 2.04 bits per heavy atom. The van der Waals surface area contributed by atoms with Crippen molar-refractivity contribution in [3.63, 3.8) is 0 Å². The van der Waals surface area contributed by atoms with E-state index in [-0.39, 0.29) is 18.2 Å². The Bertz CT molecular complexity index is 589. The molecule has 1 heterocycles. The second-order valence-electron chi connectivity index (χ2n) is 6.25. The quantitative estimate of drug-likeness (QED) is 0.731. The predicted molar refractivity (Wildman–Crippen MR) is 95.9 cm³/mol. The van der Waals surface area contributed by atoms with Gasteiger partial charge < -0.3 is 19.7 Å². The van der Waals surface area contributed by atoms with Gasteiger partial charge in [0.2, 0.25) is 11.8 Å². The van der Waals surface area contributed by atoms with Crippen LogP contribution in [0.3, 0.4) is 0 Å². The zero-order chi connectivity index (χ0) is 18.1. The van der Waals surface area contributed by atoms with Crippen molar-refractivity contribution in [2.75, 3.05) is 33.9 Å². The molecule has 0 atom stereocenters. The van der Waals surface area contributed by atoms with Crippen LogP contribution >= 0.6 is 0 Å².